The number of rotatable bonds is 8. The zero-order valence-corrected chi connectivity index (χ0v) is 12.2. The molecule has 0 heterocycles. The van der Waals surface area contributed by atoms with Crippen LogP contribution >= 0.6 is 0 Å². The summed E-state index contributed by atoms with van der Waals surface area (Å²) in [7, 11) is 3.54. The zero-order valence-electron chi connectivity index (χ0n) is 12.2. The molecular weight excluding hydrogens is 252 g/mol. The Morgan fingerprint density at radius 3 is 2.55 bits per heavy atom. The van der Waals surface area contributed by atoms with Gasteiger partial charge in [-0.25, -0.2) is 0 Å². The Balaban J connectivity index is 1.91. The van der Waals surface area contributed by atoms with Crippen LogP contribution in [0.2, 0.25) is 0 Å². The summed E-state index contributed by atoms with van der Waals surface area (Å²) in [4.78, 5) is 0. The molecule has 1 aromatic carbocycles. The van der Waals surface area contributed by atoms with Gasteiger partial charge in [-0.15, -0.1) is 0 Å². The maximum atomic E-state index is 9.40. The Bertz CT molecular complexity index is 462. The minimum atomic E-state index is -0.547. The molecule has 1 aliphatic carbocycles. The fourth-order valence-electron chi connectivity index (χ4n) is 2.32. The zero-order chi connectivity index (χ0) is 14.4. The average Bonchev–Trinajstić information content (AvgIpc) is 3.33. The Kier molecular flexibility index (Phi) is 4.99. The van der Waals surface area contributed by atoms with Crippen LogP contribution in [0.4, 0.5) is 0 Å². The van der Waals surface area contributed by atoms with Crippen molar-refractivity contribution in [3.05, 3.63) is 29.8 Å². The van der Waals surface area contributed by atoms with Gasteiger partial charge in [0.2, 0.25) is 0 Å². The second-order valence-corrected chi connectivity index (χ2v) is 5.28. The Morgan fingerprint density at radius 1 is 1.35 bits per heavy atom. The van der Waals surface area contributed by atoms with E-state index in [9.17, 15) is 5.26 Å². The molecule has 1 N–H and O–H groups in total. The van der Waals surface area contributed by atoms with E-state index >= 15 is 0 Å². The third kappa shape index (κ3) is 3.50. The standard InChI is InChI=1S/C16H22N2O2/c1-18-16(11-17,14-5-6-14)12-20-15-7-3-13(4-8-15)9-10-19-2/h3-4,7-8,14,18H,5-6,9-10,12H2,1-2H3. The minimum Gasteiger partial charge on any atom is -0.491 e. The highest BCUT2D eigenvalue weighted by molar-refractivity contribution is 5.28. The first-order valence-corrected chi connectivity index (χ1v) is 7.05. The molecule has 108 valence electrons. The van der Waals surface area contributed by atoms with E-state index in [4.69, 9.17) is 9.47 Å². The van der Waals surface area contributed by atoms with Gasteiger partial charge in [0.25, 0.3) is 0 Å². The van der Waals surface area contributed by atoms with Crippen molar-refractivity contribution in [2.75, 3.05) is 27.4 Å². The molecule has 0 amide bonds. The number of nitrogens with one attached hydrogen (secondary N) is 1. The molecule has 1 fully saturated rings. The molecule has 0 radical (unpaired) electrons. The molecule has 1 atom stereocenters. The highest BCUT2D eigenvalue weighted by Crippen LogP contribution is 2.39. The number of likely N-dealkylation sites (N-methyl/N-ethyl adjacent to an activating group) is 1. The maximum Gasteiger partial charge on any atom is 0.143 e. The minimum absolute atomic E-state index is 0.391. The molecule has 2 rings (SSSR count). The number of benzene rings is 1. The second kappa shape index (κ2) is 6.74. The summed E-state index contributed by atoms with van der Waals surface area (Å²) in [6.07, 6.45) is 3.11. The van der Waals surface area contributed by atoms with E-state index < -0.39 is 5.54 Å². The van der Waals surface area contributed by atoms with Crippen LogP contribution in [0.25, 0.3) is 0 Å². The first-order chi connectivity index (χ1) is 9.74. The second-order valence-electron chi connectivity index (χ2n) is 5.28. The van der Waals surface area contributed by atoms with E-state index in [1.165, 1.54) is 5.56 Å². The van der Waals surface area contributed by atoms with E-state index in [0.29, 0.717) is 12.5 Å². The summed E-state index contributed by atoms with van der Waals surface area (Å²) in [5.41, 5.74) is 0.677. The molecule has 0 spiro atoms. The lowest BCUT2D eigenvalue weighted by molar-refractivity contribution is 0.202. The van der Waals surface area contributed by atoms with Crippen molar-refractivity contribution in [3.8, 4) is 11.8 Å². The predicted molar refractivity (Wildman–Crippen MR) is 77.6 cm³/mol. The van der Waals surface area contributed by atoms with Crippen LogP contribution in [0.1, 0.15) is 18.4 Å². The van der Waals surface area contributed by atoms with Gasteiger partial charge in [-0.05, 0) is 49.9 Å². The van der Waals surface area contributed by atoms with Crippen LogP contribution in [0.15, 0.2) is 24.3 Å². The van der Waals surface area contributed by atoms with Crippen LogP contribution in [-0.4, -0.2) is 32.9 Å². The van der Waals surface area contributed by atoms with E-state index in [0.717, 1.165) is 31.6 Å². The SMILES string of the molecule is CNC(C#N)(COc1ccc(CCOC)cc1)C1CC1. The number of hydrogen-bond acceptors (Lipinski definition) is 4. The summed E-state index contributed by atoms with van der Waals surface area (Å²) >= 11 is 0. The number of nitrogens with zero attached hydrogens (tertiary/aromatic N) is 1. The number of hydrogen-bond donors (Lipinski definition) is 1. The average molecular weight is 274 g/mol. The van der Waals surface area contributed by atoms with Crippen molar-refractivity contribution in [1.29, 1.82) is 5.26 Å². The first kappa shape index (κ1) is 14.8. The van der Waals surface area contributed by atoms with Crippen LogP contribution in [0.3, 0.4) is 0 Å². The van der Waals surface area contributed by atoms with Gasteiger partial charge in [-0.1, -0.05) is 12.1 Å². The maximum absolute atomic E-state index is 9.40. The topological polar surface area (TPSA) is 54.3 Å². The summed E-state index contributed by atoms with van der Waals surface area (Å²) in [6, 6.07) is 10.4. The van der Waals surface area contributed by atoms with Crippen molar-refractivity contribution >= 4 is 0 Å². The largest absolute Gasteiger partial charge is 0.491 e. The summed E-state index contributed by atoms with van der Waals surface area (Å²) in [6.45, 7) is 1.11. The summed E-state index contributed by atoms with van der Waals surface area (Å²) in [5.74, 6) is 1.22. The summed E-state index contributed by atoms with van der Waals surface area (Å²) in [5, 5.41) is 12.5. The number of ether oxygens (including phenoxy) is 2. The predicted octanol–water partition coefficient (Wildman–Crippen LogP) is 2.15. The lowest BCUT2D eigenvalue weighted by Crippen LogP contribution is -2.49. The highest BCUT2D eigenvalue weighted by atomic mass is 16.5. The molecule has 1 saturated carbocycles. The van der Waals surface area contributed by atoms with E-state index in [-0.39, 0.29) is 0 Å². The Labute approximate surface area is 120 Å². The van der Waals surface area contributed by atoms with Gasteiger partial charge in [-0.3, -0.25) is 5.32 Å². The van der Waals surface area contributed by atoms with E-state index in [1.54, 1.807) is 7.11 Å². The lowest BCUT2D eigenvalue weighted by Gasteiger charge is -2.26. The molecule has 0 aliphatic heterocycles. The van der Waals surface area contributed by atoms with Crippen molar-refractivity contribution in [2.45, 2.75) is 24.8 Å². The Morgan fingerprint density at radius 2 is 2.05 bits per heavy atom. The van der Waals surface area contributed by atoms with Crippen molar-refractivity contribution in [2.24, 2.45) is 5.92 Å². The van der Waals surface area contributed by atoms with Gasteiger partial charge < -0.3 is 9.47 Å². The molecule has 1 unspecified atom stereocenters. The number of methoxy groups -OCH3 is 1. The van der Waals surface area contributed by atoms with Gasteiger partial charge >= 0.3 is 0 Å². The summed E-state index contributed by atoms with van der Waals surface area (Å²) < 4.78 is 10.9. The van der Waals surface area contributed by atoms with Crippen molar-refractivity contribution < 1.29 is 9.47 Å². The monoisotopic (exact) mass is 274 g/mol. The first-order valence-electron chi connectivity index (χ1n) is 7.05. The van der Waals surface area contributed by atoms with E-state index in [2.05, 4.69) is 11.4 Å². The third-order valence-corrected chi connectivity index (χ3v) is 3.90. The van der Waals surface area contributed by atoms with Crippen LogP contribution in [0.5, 0.6) is 5.75 Å². The third-order valence-electron chi connectivity index (χ3n) is 3.90. The Hall–Kier alpha value is -1.57. The van der Waals surface area contributed by atoms with Gasteiger partial charge in [0.05, 0.1) is 12.7 Å². The molecule has 4 nitrogen and oxygen atoms in total. The highest BCUT2D eigenvalue weighted by Gasteiger charge is 2.45. The molecule has 1 aliphatic rings. The van der Waals surface area contributed by atoms with Crippen LogP contribution < -0.4 is 10.1 Å². The molecule has 0 aromatic heterocycles. The molecule has 1 aromatic rings. The van der Waals surface area contributed by atoms with Gasteiger partial charge in [-0.2, -0.15) is 5.26 Å². The smallest absolute Gasteiger partial charge is 0.143 e. The van der Waals surface area contributed by atoms with Gasteiger partial charge in [0.15, 0.2) is 0 Å². The fourth-order valence-corrected chi connectivity index (χ4v) is 2.32. The molecule has 20 heavy (non-hydrogen) atoms. The van der Waals surface area contributed by atoms with E-state index in [1.807, 2.05) is 31.3 Å². The fraction of sp³-hybridized carbons (Fsp3) is 0.562. The lowest BCUT2D eigenvalue weighted by atomic mass is 9.96. The van der Waals surface area contributed by atoms with Crippen molar-refractivity contribution in [3.63, 3.8) is 0 Å². The normalized spacial score (nSPS) is 17.2. The number of nitriles is 1. The van der Waals surface area contributed by atoms with Crippen LogP contribution in [-0.2, 0) is 11.2 Å². The molecule has 0 saturated heterocycles. The van der Waals surface area contributed by atoms with Crippen LogP contribution in [0, 0.1) is 17.2 Å². The molecule has 0 bridgehead atoms. The molecular formula is C16H22N2O2. The van der Waals surface area contributed by atoms with Gasteiger partial charge in [0.1, 0.15) is 17.9 Å². The quantitative estimate of drug-likeness (QED) is 0.789. The van der Waals surface area contributed by atoms with Crippen molar-refractivity contribution in [1.82, 2.24) is 5.32 Å². The molecule has 4 heteroatoms. The van der Waals surface area contributed by atoms with Gasteiger partial charge in [0, 0.05) is 7.11 Å².